The Labute approximate surface area is 143 Å². The van der Waals surface area contributed by atoms with Crippen LogP contribution in [0.25, 0.3) is 5.65 Å². The van der Waals surface area contributed by atoms with Crippen molar-refractivity contribution < 1.29 is 17.6 Å². The van der Waals surface area contributed by atoms with Gasteiger partial charge in [0.15, 0.2) is 0 Å². The zero-order valence-electron chi connectivity index (χ0n) is 13.0. The maximum atomic E-state index is 13.8. The van der Waals surface area contributed by atoms with Crippen LogP contribution in [0.2, 0.25) is 0 Å². The Balaban J connectivity index is 1.71. The molecule has 0 atom stereocenters. The lowest BCUT2D eigenvalue weighted by Gasteiger charge is -2.07. The van der Waals surface area contributed by atoms with E-state index in [9.17, 15) is 17.6 Å². The summed E-state index contributed by atoms with van der Waals surface area (Å²) in [5, 5.41) is 7.57. The van der Waals surface area contributed by atoms with Crippen LogP contribution in [0.1, 0.15) is 16.1 Å². The number of rotatable bonds is 5. The number of hydrogen-bond donors (Lipinski definition) is 2. The minimum atomic E-state index is -4.01. The van der Waals surface area contributed by atoms with Crippen LogP contribution >= 0.6 is 0 Å². The lowest BCUT2D eigenvalue weighted by molar-refractivity contribution is 0.0950. The number of nitrogens with zero attached hydrogens (tertiary/aromatic N) is 2. The van der Waals surface area contributed by atoms with Crippen molar-refractivity contribution in [1.29, 1.82) is 0 Å². The smallest absolute Gasteiger partial charge is 0.254 e. The molecule has 0 aliphatic heterocycles. The SMILES string of the molecule is NS(=O)(=O)c1ccc(F)c(C(=O)NCCc2cnc3ccccn23)c1. The monoisotopic (exact) mass is 362 g/mol. The van der Waals surface area contributed by atoms with Gasteiger partial charge in [-0.2, -0.15) is 0 Å². The number of primary sulfonamides is 1. The molecule has 0 aliphatic carbocycles. The maximum absolute atomic E-state index is 13.8. The standard InChI is InChI=1S/C16H15FN4O3S/c17-14-5-4-12(25(18,23)24)9-13(14)16(22)19-7-6-11-10-20-15-3-1-2-8-21(11)15/h1-5,8-10H,6-7H2,(H,19,22)(H2,18,23,24). The Hall–Kier alpha value is -2.78. The number of hydrogen-bond acceptors (Lipinski definition) is 4. The van der Waals surface area contributed by atoms with Crippen LogP contribution in [0.15, 0.2) is 53.7 Å². The number of nitrogens with two attached hydrogens (primary N) is 1. The number of nitrogens with one attached hydrogen (secondary N) is 1. The number of pyridine rings is 1. The molecule has 0 unspecified atom stereocenters. The summed E-state index contributed by atoms with van der Waals surface area (Å²) in [5.74, 6) is -1.53. The number of carbonyl (C=O) groups is 1. The molecule has 3 aromatic rings. The van der Waals surface area contributed by atoms with Crippen molar-refractivity contribution in [1.82, 2.24) is 14.7 Å². The van der Waals surface area contributed by atoms with Gasteiger partial charge in [-0.3, -0.25) is 4.79 Å². The fourth-order valence-corrected chi connectivity index (χ4v) is 2.96. The molecule has 1 amide bonds. The third-order valence-electron chi connectivity index (χ3n) is 3.67. The Morgan fingerprint density at radius 1 is 1.28 bits per heavy atom. The molecule has 9 heteroatoms. The minimum absolute atomic E-state index is 0.237. The number of carbonyl (C=O) groups excluding carboxylic acids is 1. The van der Waals surface area contributed by atoms with E-state index in [2.05, 4.69) is 10.3 Å². The lowest BCUT2D eigenvalue weighted by Crippen LogP contribution is -2.27. The van der Waals surface area contributed by atoms with Gasteiger partial charge in [-0.1, -0.05) is 6.07 Å². The molecule has 0 spiro atoms. The van der Waals surface area contributed by atoms with E-state index in [1.165, 1.54) is 0 Å². The Morgan fingerprint density at radius 3 is 2.84 bits per heavy atom. The topological polar surface area (TPSA) is 107 Å². The van der Waals surface area contributed by atoms with E-state index >= 15 is 0 Å². The van der Waals surface area contributed by atoms with Crippen molar-refractivity contribution in [2.75, 3.05) is 6.54 Å². The molecule has 0 fully saturated rings. The fourth-order valence-electron chi connectivity index (χ4n) is 2.42. The van der Waals surface area contributed by atoms with E-state index < -0.39 is 21.7 Å². The summed E-state index contributed by atoms with van der Waals surface area (Å²) in [4.78, 5) is 16.0. The van der Waals surface area contributed by atoms with Crippen LogP contribution in [0.5, 0.6) is 0 Å². The van der Waals surface area contributed by atoms with Gasteiger partial charge in [0, 0.05) is 31.1 Å². The highest BCUT2D eigenvalue weighted by atomic mass is 32.2. The van der Waals surface area contributed by atoms with Crippen LogP contribution in [0.3, 0.4) is 0 Å². The second kappa shape index (κ2) is 6.61. The van der Waals surface area contributed by atoms with Gasteiger partial charge in [0.05, 0.1) is 10.5 Å². The summed E-state index contributed by atoms with van der Waals surface area (Å²) in [5.41, 5.74) is 1.30. The zero-order chi connectivity index (χ0) is 18.0. The Kier molecular flexibility index (Phi) is 4.51. The first-order valence-corrected chi connectivity index (χ1v) is 8.92. The van der Waals surface area contributed by atoms with E-state index in [4.69, 9.17) is 5.14 Å². The number of fused-ring (bicyclic) bond motifs is 1. The summed E-state index contributed by atoms with van der Waals surface area (Å²) in [6.45, 7) is 0.237. The quantitative estimate of drug-likeness (QED) is 0.708. The van der Waals surface area contributed by atoms with E-state index in [0.29, 0.717) is 6.42 Å². The van der Waals surface area contributed by atoms with E-state index in [1.54, 1.807) is 6.20 Å². The van der Waals surface area contributed by atoms with Crippen molar-refractivity contribution in [3.05, 3.63) is 65.9 Å². The maximum Gasteiger partial charge on any atom is 0.254 e. The second-order valence-electron chi connectivity index (χ2n) is 5.37. The highest BCUT2D eigenvalue weighted by Gasteiger charge is 2.16. The normalized spacial score (nSPS) is 11.6. The molecule has 25 heavy (non-hydrogen) atoms. The number of halogens is 1. The van der Waals surface area contributed by atoms with Crippen LogP contribution in [-0.2, 0) is 16.4 Å². The van der Waals surface area contributed by atoms with Gasteiger partial charge < -0.3 is 9.72 Å². The zero-order valence-corrected chi connectivity index (χ0v) is 13.8. The van der Waals surface area contributed by atoms with Crippen molar-refractivity contribution in [3.63, 3.8) is 0 Å². The van der Waals surface area contributed by atoms with Gasteiger partial charge in [-0.15, -0.1) is 0 Å². The van der Waals surface area contributed by atoms with Gasteiger partial charge in [0.1, 0.15) is 11.5 Å². The fraction of sp³-hybridized carbons (Fsp3) is 0.125. The van der Waals surface area contributed by atoms with E-state index in [1.807, 2.05) is 28.8 Å². The number of aromatic nitrogens is 2. The van der Waals surface area contributed by atoms with Crippen molar-refractivity contribution >= 4 is 21.6 Å². The summed E-state index contributed by atoms with van der Waals surface area (Å²) in [6, 6.07) is 8.43. The molecule has 0 bridgehead atoms. The average molecular weight is 362 g/mol. The van der Waals surface area contributed by atoms with Crippen LogP contribution in [0, 0.1) is 5.82 Å². The minimum Gasteiger partial charge on any atom is -0.352 e. The molecular weight excluding hydrogens is 347 g/mol. The van der Waals surface area contributed by atoms with Crippen molar-refractivity contribution in [2.45, 2.75) is 11.3 Å². The molecule has 2 aromatic heterocycles. The molecule has 0 saturated heterocycles. The highest BCUT2D eigenvalue weighted by molar-refractivity contribution is 7.89. The van der Waals surface area contributed by atoms with Gasteiger partial charge in [-0.25, -0.2) is 22.9 Å². The largest absolute Gasteiger partial charge is 0.352 e. The Morgan fingerprint density at radius 2 is 2.08 bits per heavy atom. The molecular formula is C16H15FN4O3S. The van der Waals surface area contributed by atoms with Crippen molar-refractivity contribution in [2.24, 2.45) is 5.14 Å². The number of sulfonamides is 1. The summed E-state index contributed by atoms with van der Waals surface area (Å²) >= 11 is 0. The molecule has 1 aromatic carbocycles. The first-order valence-electron chi connectivity index (χ1n) is 7.38. The second-order valence-corrected chi connectivity index (χ2v) is 6.93. The van der Waals surface area contributed by atoms with E-state index in [-0.39, 0.29) is 17.0 Å². The predicted molar refractivity (Wildman–Crippen MR) is 89.0 cm³/mol. The molecule has 0 radical (unpaired) electrons. The predicted octanol–water partition coefficient (Wildman–Crippen LogP) is 1.09. The number of imidazole rings is 1. The van der Waals surface area contributed by atoms with Gasteiger partial charge in [0.2, 0.25) is 10.0 Å². The molecule has 130 valence electrons. The third-order valence-corrected chi connectivity index (χ3v) is 4.58. The molecule has 0 aliphatic rings. The van der Waals surface area contributed by atoms with Crippen molar-refractivity contribution in [3.8, 4) is 0 Å². The molecule has 0 saturated carbocycles. The molecule has 7 nitrogen and oxygen atoms in total. The van der Waals surface area contributed by atoms with Gasteiger partial charge in [0.25, 0.3) is 5.91 Å². The van der Waals surface area contributed by atoms with Crippen LogP contribution in [-0.4, -0.2) is 30.3 Å². The highest BCUT2D eigenvalue weighted by Crippen LogP contribution is 2.14. The van der Waals surface area contributed by atoms with Crippen LogP contribution in [0.4, 0.5) is 4.39 Å². The molecule has 3 N–H and O–H groups in total. The van der Waals surface area contributed by atoms with Gasteiger partial charge >= 0.3 is 0 Å². The molecule has 2 heterocycles. The van der Waals surface area contributed by atoms with Crippen LogP contribution < -0.4 is 10.5 Å². The number of benzene rings is 1. The van der Waals surface area contributed by atoms with Gasteiger partial charge in [-0.05, 0) is 30.3 Å². The molecule has 3 rings (SSSR count). The third kappa shape index (κ3) is 3.67. The first kappa shape index (κ1) is 17.1. The first-order chi connectivity index (χ1) is 11.9. The van der Waals surface area contributed by atoms with E-state index in [0.717, 1.165) is 29.5 Å². The average Bonchev–Trinajstić information content (AvgIpc) is 2.97. The lowest BCUT2D eigenvalue weighted by atomic mass is 10.2. The Bertz CT molecular complexity index is 1050. The summed E-state index contributed by atoms with van der Waals surface area (Å²) < 4.78 is 38.3. The number of amides is 1. The summed E-state index contributed by atoms with van der Waals surface area (Å²) in [7, 11) is -4.01. The summed E-state index contributed by atoms with van der Waals surface area (Å²) in [6.07, 6.45) is 4.03.